The van der Waals surface area contributed by atoms with Crippen LogP contribution in [0.25, 0.3) is 0 Å². The third kappa shape index (κ3) is 5.83. The molecule has 0 bridgehead atoms. The first-order valence-corrected chi connectivity index (χ1v) is 8.15. The molecular formula is C14H20O11S. The van der Waals surface area contributed by atoms with Crippen molar-refractivity contribution in [3.8, 4) is 0 Å². The van der Waals surface area contributed by atoms with Gasteiger partial charge in [0.15, 0.2) is 12.2 Å². The second-order valence-electron chi connectivity index (χ2n) is 5.36. The maximum absolute atomic E-state index is 11.5. The van der Waals surface area contributed by atoms with Crippen molar-refractivity contribution in [3.05, 3.63) is 0 Å². The Morgan fingerprint density at radius 2 is 1.42 bits per heavy atom. The van der Waals surface area contributed by atoms with Gasteiger partial charge in [-0.15, -0.1) is 0 Å². The molecule has 1 aliphatic heterocycles. The van der Waals surface area contributed by atoms with Crippen molar-refractivity contribution >= 4 is 35.9 Å². The molecule has 2 N–H and O–H groups in total. The van der Waals surface area contributed by atoms with Crippen LogP contribution in [0, 0.1) is 0 Å². The molecule has 1 rings (SSSR count). The SMILES string of the molecule is CC(=O)OC[C@H]1O[C@](O)(SO)[C@H](OC(C)=O)[C@@H](OC(C)=O)[C@@H]1OC(C)=O. The van der Waals surface area contributed by atoms with Gasteiger partial charge in [-0.25, -0.2) is 0 Å². The van der Waals surface area contributed by atoms with Crippen molar-refractivity contribution < 1.29 is 52.5 Å². The molecule has 1 heterocycles. The molecule has 148 valence electrons. The van der Waals surface area contributed by atoms with Crippen LogP contribution in [-0.2, 0) is 42.9 Å². The summed E-state index contributed by atoms with van der Waals surface area (Å²) in [4.78, 5) is 45.3. The maximum atomic E-state index is 11.5. The Hall–Kier alpha value is -1.89. The van der Waals surface area contributed by atoms with E-state index < -0.39 is 60.0 Å². The Kier molecular flexibility index (Phi) is 7.81. The largest absolute Gasteiger partial charge is 0.463 e. The van der Waals surface area contributed by atoms with Crippen LogP contribution >= 0.6 is 12.0 Å². The molecule has 5 atom stereocenters. The average Bonchev–Trinajstić information content (AvgIpc) is 2.50. The molecule has 12 heteroatoms. The molecule has 11 nitrogen and oxygen atoms in total. The summed E-state index contributed by atoms with van der Waals surface area (Å²) in [5.74, 6) is -3.22. The van der Waals surface area contributed by atoms with Gasteiger partial charge in [0.2, 0.25) is 6.10 Å². The summed E-state index contributed by atoms with van der Waals surface area (Å²) >= 11 is -0.228. The molecule has 1 saturated heterocycles. The second kappa shape index (κ2) is 9.16. The third-order valence-electron chi connectivity index (χ3n) is 3.15. The molecule has 0 radical (unpaired) electrons. The lowest BCUT2D eigenvalue weighted by Gasteiger charge is -2.46. The first kappa shape index (κ1) is 22.2. The molecule has 1 aliphatic rings. The van der Waals surface area contributed by atoms with Crippen LogP contribution in [0.5, 0.6) is 0 Å². The fourth-order valence-corrected chi connectivity index (χ4v) is 2.77. The minimum Gasteiger partial charge on any atom is -0.463 e. The zero-order chi connectivity index (χ0) is 20.1. The van der Waals surface area contributed by atoms with E-state index in [1.807, 2.05) is 0 Å². The van der Waals surface area contributed by atoms with E-state index in [0.717, 1.165) is 27.7 Å². The molecule has 26 heavy (non-hydrogen) atoms. The Bertz CT molecular complexity index is 565. The van der Waals surface area contributed by atoms with Crippen LogP contribution in [0.4, 0.5) is 0 Å². The summed E-state index contributed by atoms with van der Waals surface area (Å²) in [6, 6.07) is 0. The van der Waals surface area contributed by atoms with Gasteiger partial charge < -0.3 is 33.3 Å². The van der Waals surface area contributed by atoms with E-state index in [9.17, 15) is 28.8 Å². The highest BCUT2D eigenvalue weighted by molar-refractivity contribution is 7.94. The van der Waals surface area contributed by atoms with Gasteiger partial charge in [0.25, 0.3) is 5.12 Å². The average molecular weight is 396 g/mol. The monoisotopic (exact) mass is 396 g/mol. The molecule has 0 spiro atoms. The van der Waals surface area contributed by atoms with Crippen molar-refractivity contribution in [2.75, 3.05) is 6.61 Å². The fourth-order valence-electron chi connectivity index (χ4n) is 2.32. The molecule has 0 unspecified atom stereocenters. The summed E-state index contributed by atoms with van der Waals surface area (Å²) in [7, 11) is 0. The Morgan fingerprint density at radius 3 is 1.85 bits per heavy atom. The van der Waals surface area contributed by atoms with Gasteiger partial charge in [0.05, 0.1) is 12.0 Å². The smallest absolute Gasteiger partial charge is 0.303 e. The molecular weight excluding hydrogens is 376 g/mol. The van der Waals surface area contributed by atoms with Gasteiger partial charge in [-0.3, -0.25) is 19.2 Å². The van der Waals surface area contributed by atoms with E-state index in [0.29, 0.717) is 0 Å². The van der Waals surface area contributed by atoms with Gasteiger partial charge >= 0.3 is 23.9 Å². The molecule has 0 aromatic carbocycles. The Labute approximate surface area is 153 Å². The molecule has 0 aliphatic carbocycles. The fraction of sp³-hybridized carbons (Fsp3) is 0.714. The summed E-state index contributed by atoms with van der Waals surface area (Å²) < 4.78 is 34.5. The zero-order valence-corrected chi connectivity index (χ0v) is 15.3. The van der Waals surface area contributed by atoms with Gasteiger partial charge in [0, 0.05) is 27.7 Å². The summed E-state index contributed by atoms with van der Waals surface area (Å²) in [6.07, 6.45) is -6.01. The van der Waals surface area contributed by atoms with Crippen LogP contribution in [0.3, 0.4) is 0 Å². The number of ether oxygens (including phenoxy) is 5. The van der Waals surface area contributed by atoms with Gasteiger partial charge in [0.1, 0.15) is 12.7 Å². The third-order valence-corrected chi connectivity index (χ3v) is 3.74. The van der Waals surface area contributed by atoms with Crippen molar-refractivity contribution in [3.63, 3.8) is 0 Å². The highest BCUT2D eigenvalue weighted by atomic mass is 32.2. The molecule has 0 saturated carbocycles. The minimum absolute atomic E-state index is 0.228. The first-order chi connectivity index (χ1) is 12.0. The first-order valence-electron chi connectivity index (χ1n) is 7.38. The summed E-state index contributed by atoms with van der Waals surface area (Å²) in [6.45, 7) is 3.73. The van der Waals surface area contributed by atoms with E-state index in [2.05, 4.69) is 0 Å². The quantitative estimate of drug-likeness (QED) is 0.259. The number of hydrogen-bond donors (Lipinski definition) is 2. The zero-order valence-electron chi connectivity index (χ0n) is 14.5. The van der Waals surface area contributed by atoms with Crippen LogP contribution < -0.4 is 0 Å². The van der Waals surface area contributed by atoms with Crippen LogP contribution in [0.1, 0.15) is 27.7 Å². The Morgan fingerprint density at radius 1 is 0.923 bits per heavy atom. The summed E-state index contributed by atoms with van der Waals surface area (Å²) in [5.41, 5.74) is 0. The predicted molar refractivity (Wildman–Crippen MR) is 83.3 cm³/mol. The summed E-state index contributed by atoms with van der Waals surface area (Å²) in [5, 5.41) is 7.92. The van der Waals surface area contributed by atoms with E-state index >= 15 is 0 Å². The van der Waals surface area contributed by atoms with Crippen molar-refractivity contribution in [1.29, 1.82) is 0 Å². The normalized spacial score (nSPS) is 30.8. The molecule has 1 fully saturated rings. The van der Waals surface area contributed by atoms with Crippen LogP contribution in [0.2, 0.25) is 0 Å². The van der Waals surface area contributed by atoms with E-state index in [-0.39, 0.29) is 12.0 Å². The van der Waals surface area contributed by atoms with Gasteiger partial charge in [-0.1, -0.05) is 0 Å². The number of carbonyl (C=O) groups is 4. The number of esters is 4. The van der Waals surface area contributed by atoms with Crippen molar-refractivity contribution in [1.82, 2.24) is 0 Å². The number of rotatable bonds is 6. The number of aliphatic hydroxyl groups is 1. The predicted octanol–water partition coefficient (Wildman–Crippen LogP) is -0.404. The lowest BCUT2D eigenvalue weighted by Crippen LogP contribution is -2.66. The van der Waals surface area contributed by atoms with Crippen molar-refractivity contribution in [2.45, 2.75) is 57.2 Å². The lowest BCUT2D eigenvalue weighted by molar-refractivity contribution is -0.313. The van der Waals surface area contributed by atoms with E-state index in [1.165, 1.54) is 0 Å². The van der Waals surface area contributed by atoms with Crippen LogP contribution in [-0.4, -0.2) is 69.7 Å². The van der Waals surface area contributed by atoms with E-state index in [4.69, 9.17) is 23.7 Å². The van der Waals surface area contributed by atoms with E-state index in [1.54, 1.807) is 0 Å². The molecule has 0 amide bonds. The standard InChI is InChI=1S/C14H20O11S/c1-6(15)21-5-10-11(22-7(2)16)12(23-8(3)17)13(24-9(4)18)14(19,25-10)26-20/h10-13,19-20H,5H2,1-4H3/t10-,11-,12+,13-,14+/m1/s1. The lowest BCUT2D eigenvalue weighted by atomic mass is 9.98. The second-order valence-corrected chi connectivity index (χ2v) is 6.13. The number of carbonyl (C=O) groups excluding carboxylic acids is 4. The topological polar surface area (TPSA) is 155 Å². The number of hydrogen-bond acceptors (Lipinski definition) is 12. The highest BCUT2D eigenvalue weighted by Crippen LogP contribution is 2.39. The van der Waals surface area contributed by atoms with Gasteiger partial charge in [-0.2, -0.15) is 0 Å². The molecule has 0 aromatic heterocycles. The highest BCUT2D eigenvalue weighted by Gasteiger charge is 2.60. The maximum Gasteiger partial charge on any atom is 0.303 e. The van der Waals surface area contributed by atoms with Gasteiger partial charge in [-0.05, 0) is 0 Å². The Balaban J connectivity index is 3.32. The van der Waals surface area contributed by atoms with Crippen molar-refractivity contribution in [2.24, 2.45) is 0 Å². The minimum atomic E-state index is -2.58. The molecule has 0 aromatic rings. The van der Waals surface area contributed by atoms with Crippen LogP contribution in [0.15, 0.2) is 0 Å².